The van der Waals surface area contributed by atoms with Crippen molar-refractivity contribution in [2.75, 3.05) is 19.6 Å². The molecule has 8 heteroatoms. The average molecular weight is 422 g/mol. The van der Waals surface area contributed by atoms with Crippen molar-refractivity contribution in [3.63, 3.8) is 0 Å². The van der Waals surface area contributed by atoms with Gasteiger partial charge in [-0.2, -0.15) is 0 Å². The molecule has 1 aromatic rings. The smallest absolute Gasteiger partial charge is 0.407 e. The predicted molar refractivity (Wildman–Crippen MR) is 115 cm³/mol. The molecule has 0 aliphatic carbocycles. The third-order valence-corrected chi connectivity index (χ3v) is 4.00. The molecule has 0 saturated carbocycles. The predicted octanol–water partition coefficient (Wildman–Crippen LogP) is 2.72. The zero-order valence-electron chi connectivity index (χ0n) is 18.8. The van der Waals surface area contributed by atoms with Crippen molar-refractivity contribution in [3.8, 4) is 5.75 Å². The van der Waals surface area contributed by atoms with Crippen LogP contribution in [0.1, 0.15) is 59.4 Å². The summed E-state index contributed by atoms with van der Waals surface area (Å²) < 4.78 is 10.7. The Morgan fingerprint density at radius 3 is 2.07 bits per heavy atom. The zero-order valence-corrected chi connectivity index (χ0v) is 18.8. The van der Waals surface area contributed by atoms with E-state index >= 15 is 0 Å². The molecular weight excluding hydrogens is 386 g/mol. The van der Waals surface area contributed by atoms with Gasteiger partial charge in [-0.25, -0.2) is 4.79 Å². The second-order valence-corrected chi connectivity index (χ2v) is 8.30. The van der Waals surface area contributed by atoms with Crippen molar-refractivity contribution < 1.29 is 23.9 Å². The molecule has 0 aliphatic rings. The van der Waals surface area contributed by atoms with E-state index in [9.17, 15) is 14.4 Å². The third-order valence-electron chi connectivity index (χ3n) is 4.00. The van der Waals surface area contributed by atoms with Crippen LogP contribution in [0, 0.1) is 0 Å². The molecule has 0 heterocycles. The van der Waals surface area contributed by atoms with Gasteiger partial charge in [-0.15, -0.1) is 0 Å². The summed E-state index contributed by atoms with van der Waals surface area (Å²) in [6.07, 6.45) is -1.09. The fourth-order valence-corrected chi connectivity index (χ4v) is 2.40. The molecule has 1 atom stereocenters. The molecule has 0 fully saturated rings. The molecule has 1 aromatic carbocycles. The number of hydrogen-bond acceptors (Lipinski definition) is 5. The van der Waals surface area contributed by atoms with E-state index in [-0.39, 0.29) is 37.9 Å². The Morgan fingerprint density at radius 2 is 1.50 bits per heavy atom. The van der Waals surface area contributed by atoms with E-state index in [1.807, 2.05) is 24.3 Å². The van der Waals surface area contributed by atoms with E-state index in [2.05, 4.69) is 29.8 Å². The van der Waals surface area contributed by atoms with Crippen LogP contribution in [0.4, 0.5) is 4.79 Å². The average Bonchev–Trinajstić information content (AvgIpc) is 2.64. The van der Waals surface area contributed by atoms with Crippen LogP contribution >= 0.6 is 0 Å². The maximum absolute atomic E-state index is 12.1. The number of benzene rings is 1. The van der Waals surface area contributed by atoms with Crippen LogP contribution in [0.2, 0.25) is 0 Å². The van der Waals surface area contributed by atoms with Crippen LogP contribution in [0.3, 0.4) is 0 Å². The summed E-state index contributed by atoms with van der Waals surface area (Å²) in [5.41, 5.74) is 0.625. The van der Waals surface area contributed by atoms with E-state index in [0.717, 1.165) is 0 Å². The van der Waals surface area contributed by atoms with Gasteiger partial charge in [-0.3, -0.25) is 9.59 Å². The molecule has 1 rings (SSSR count). The van der Waals surface area contributed by atoms with Crippen molar-refractivity contribution in [2.45, 2.75) is 65.6 Å². The van der Waals surface area contributed by atoms with E-state index in [0.29, 0.717) is 11.7 Å². The highest BCUT2D eigenvalue weighted by molar-refractivity contribution is 5.81. The van der Waals surface area contributed by atoms with Crippen LogP contribution in [0.15, 0.2) is 24.3 Å². The van der Waals surface area contributed by atoms with Gasteiger partial charge in [0.25, 0.3) is 5.91 Å². The third kappa shape index (κ3) is 10.7. The molecule has 0 spiro atoms. The van der Waals surface area contributed by atoms with Gasteiger partial charge in [0.2, 0.25) is 5.91 Å². The van der Waals surface area contributed by atoms with E-state index < -0.39 is 17.8 Å². The summed E-state index contributed by atoms with van der Waals surface area (Å²) in [5, 5.41) is 7.92. The summed E-state index contributed by atoms with van der Waals surface area (Å²) in [4.78, 5) is 35.4. The van der Waals surface area contributed by atoms with E-state index in [1.165, 1.54) is 5.56 Å². The Morgan fingerprint density at radius 1 is 0.900 bits per heavy atom. The highest BCUT2D eigenvalue weighted by Gasteiger charge is 2.16. The van der Waals surface area contributed by atoms with Gasteiger partial charge in [-0.1, -0.05) is 26.0 Å². The van der Waals surface area contributed by atoms with Crippen molar-refractivity contribution >= 4 is 17.9 Å². The van der Waals surface area contributed by atoms with Gasteiger partial charge in [0.05, 0.1) is 0 Å². The standard InChI is InChI=1S/C22H35N3O5/c1-15(2)17-7-9-18(10-8-17)29-16(3)20(27)24-14-13-23-19(26)11-12-25-21(28)30-22(4,5)6/h7-10,15-16H,11-14H2,1-6H3,(H,23,26)(H,24,27)(H,25,28). The first-order valence-corrected chi connectivity index (χ1v) is 10.3. The SMILES string of the molecule is CC(Oc1ccc(C(C)C)cc1)C(=O)NCCNC(=O)CCNC(=O)OC(C)(C)C. The Kier molecular flexibility index (Phi) is 10.1. The Balaban J connectivity index is 2.19. The lowest BCUT2D eigenvalue weighted by Gasteiger charge is -2.19. The second kappa shape index (κ2) is 12.0. The molecule has 3 N–H and O–H groups in total. The number of nitrogens with one attached hydrogen (secondary N) is 3. The van der Waals surface area contributed by atoms with Gasteiger partial charge < -0.3 is 25.4 Å². The molecule has 30 heavy (non-hydrogen) atoms. The van der Waals surface area contributed by atoms with Crippen LogP contribution in [0.5, 0.6) is 5.75 Å². The van der Waals surface area contributed by atoms with Gasteiger partial charge in [0, 0.05) is 26.1 Å². The van der Waals surface area contributed by atoms with Gasteiger partial charge in [0.1, 0.15) is 11.4 Å². The molecule has 0 bridgehead atoms. The number of rotatable bonds is 10. The molecule has 3 amide bonds. The molecule has 168 valence electrons. The summed E-state index contributed by atoms with van der Waals surface area (Å²) in [5.74, 6) is 0.578. The lowest BCUT2D eigenvalue weighted by molar-refractivity contribution is -0.127. The number of alkyl carbamates (subject to hydrolysis) is 1. The van der Waals surface area contributed by atoms with Crippen LogP contribution in [0.25, 0.3) is 0 Å². The van der Waals surface area contributed by atoms with Crippen molar-refractivity contribution in [1.82, 2.24) is 16.0 Å². The minimum atomic E-state index is -0.649. The van der Waals surface area contributed by atoms with Crippen molar-refractivity contribution in [3.05, 3.63) is 29.8 Å². The van der Waals surface area contributed by atoms with Crippen molar-refractivity contribution in [1.29, 1.82) is 0 Å². The number of hydrogen-bond donors (Lipinski definition) is 3. The number of amides is 3. The molecule has 0 saturated heterocycles. The largest absolute Gasteiger partial charge is 0.481 e. The maximum Gasteiger partial charge on any atom is 0.407 e. The molecule has 1 unspecified atom stereocenters. The van der Waals surface area contributed by atoms with Crippen LogP contribution in [-0.4, -0.2) is 49.2 Å². The number of ether oxygens (including phenoxy) is 2. The fraction of sp³-hybridized carbons (Fsp3) is 0.591. The Hall–Kier alpha value is -2.77. The lowest BCUT2D eigenvalue weighted by atomic mass is 10.0. The number of carbonyl (C=O) groups is 3. The summed E-state index contributed by atoms with van der Waals surface area (Å²) in [6.45, 7) is 11.9. The van der Waals surface area contributed by atoms with Crippen molar-refractivity contribution in [2.24, 2.45) is 0 Å². The summed E-state index contributed by atoms with van der Waals surface area (Å²) in [6, 6.07) is 7.67. The number of carbonyl (C=O) groups excluding carboxylic acids is 3. The van der Waals surface area contributed by atoms with Crippen LogP contribution in [-0.2, 0) is 14.3 Å². The zero-order chi connectivity index (χ0) is 22.7. The quantitative estimate of drug-likeness (QED) is 0.504. The molecule has 0 aliphatic heterocycles. The molecule has 8 nitrogen and oxygen atoms in total. The normalized spacial score (nSPS) is 12.1. The first-order valence-electron chi connectivity index (χ1n) is 10.3. The molecule has 0 aromatic heterocycles. The Bertz CT molecular complexity index is 696. The monoisotopic (exact) mass is 421 g/mol. The highest BCUT2D eigenvalue weighted by atomic mass is 16.6. The fourth-order valence-electron chi connectivity index (χ4n) is 2.40. The lowest BCUT2D eigenvalue weighted by Crippen LogP contribution is -2.41. The first-order chi connectivity index (χ1) is 14.0. The van der Waals surface area contributed by atoms with Gasteiger partial charge in [-0.05, 0) is 51.3 Å². The minimum absolute atomic E-state index is 0.124. The topological polar surface area (TPSA) is 106 Å². The second-order valence-electron chi connectivity index (χ2n) is 8.30. The van der Waals surface area contributed by atoms with Crippen LogP contribution < -0.4 is 20.7 Å². The minimum Gasteiger partial charge on any atom is -0.481 e. The molecule has 0 radical (unpaired) electrons. The van der Waals surface area contributed by atoms with Gasteiger partial charge >= 0.3 is 6.09 Å². The summed E-state index contributed by atoms with van der Waals surface area (Å²) >= 11 is 0. The maximum atomic E-state index is 12.1. The molecular formula is C22H35N3O5. The first kappa shape index (κ1) is 25.3. The summed E-state index contributed by atoms with van der Waals surface area (Å²) in [7, 11) is 0. The Labute approximate surface area is 179 Å². The van der Waals surface area contributed by atoms with E-state index in [4.69, 9.17) is 9.47 Å². The van der Waals surface area contributed by atoms with E-state index in [1.54, 1.807) is 27.7 Å². The van der Waals surface area contributed by atoms with Gasteiger partial charge in [0.15, 0.2) is 6.10 Å². The highest BCUT2D eigenvalue weighted by Crippen LogP contribution is 2.19.